The molecule has 6 nitrogen and oxygen atoms in total. The van der Waals surface area contributed by atoms with Crippen LogP contribution in [0.5, 0.6) is 0 Å². The topological polar surface area (TPSA) is 74.6 Å². The number of aromatic carboxylic acids is 1. The Labute approximate surface area is 165 Å². The molecule has 3 heterocycles. The molecule has 2 saturated heterocycles. The molecule has 3 aliphatic rings. The number of carboxylic acid groups (broad SMARTS) is 1. The molecule has 28 heavy (non-hydrogen) atoms. The predicted molar refractivity (Wildman–Crippen MR) is 103 cm³/mol. The Morgan fingerprint density at radius 1 is 1.29 bits per heavy atom. The lowest BCUT2D eigenvalue weighted by Gasteiger charge is -2.29. The summed E-state index contributed by atoms with van der Waals surface area (Å²) in [7, 11) is 0. The molecule has 1 aliphatic carbocycles. The summed E-state index contributed by atoms with van der Waals surface area (Å²) in [5.74, 6) is -1.89. The van der Waals surface area contributed by atoms with E-state index in [0.717, 1.165) is 38.6 Å². The molecule has 0 radical (unpaired) electrons. The van der Waals surface area contributed by atoms with Crippen LogP contribution in [0.2, 0.25) is 5.02 Å². The number of fused-ring (bicyclic) bond motifs is 2. The van der Waals surface area contributed by atoms with Crippen molar-refractivity contribution in [2.75, 3.05) is 13.1 Å². The second-order valence-corrected chi connectivity index (χ2v) is 8.46. The molecule has 1 aromatic heterocycles. The molecule has 1 saturated carbocycles. The lowest BCUT2D eigenvalue weighted by Crippen LogP contribution is -2.46. The van der Waals surface area contributed by atoms with Crippen LogP contribution in [0.1, 0.15) is 60.0 Å². The third-order valence-electron chi connectivity index (χ3n) is 6.27. The first-order chi connectivity index (χ1) is 13.5. The van der Waals surface area contributed by atoms with Crippen molar-refractivity contribution in [3.63, 3.8) is 0 Å². The van der Waals surface area contributed by atoms with Crippen molar-refractivity contribution in [3.05, 3.63) is 44.5 Å². The average Bonchev–Trinajstić information content (AvgIpc) is 3.41. The fourth-order valence-electron chi connectivity index (χ4n) is 4.78. The standard InChI is InChI=1S/C20H21ClFN3O3/c21-17-16(10-6-12-2-1-5-23-25(12)8-10)15(22)7-13-18(17)24(11-3-4-11)9-14(19(13)26)20(27)28/h7,9-12,23H,1-6,8H2,(H,27,28)/t10-,12+/m1/s1. The Morgan fingerprint density at radius 3 is 2.75 bits per heavy atom. The van der Waals surface area contributed by atoms with Crippen molar-refractivity contribution >= 4 is 28.5 Å². The van der Waals surface area contributed by atoms with E-state index in [1.807, 2.05) is 0 Å². The van der Waals surface area contributed by atoms with Crippen LogP contribution in [-0.2, 0) is 0 Å². The van der Waals surface area contributed by atoms with Gasteiger partial charge < -0.3 is 9.67 Å². The van der Waals surface area contributed by atoms with Gasteiger partial charge in [-0.2, -0.15) is 0 Å². The first-order valence-electron chi connectivity index (χ1n) is 9.76. The minimum Gasteiger partial charge on any atom is -0.477 e. The van der Waals surface area contributed by atoms with E-state index >= 15 is 4.39 Å². The van der Waals surface area contributed by atoms with Crippen molar-refractivity contribution in [1.29, 1.82) is 0 Å². The van der Waals surface area contributed by atoms with Gasteiger partial charge in [0.25, 0.3) is 0 Å². The highest BCUT2D eigenvalue weighted by Crippen LogP contribution is 2.44. The van der Waals surface area contributed by atoms with E-state index in [1.54, 1.807) is 4.57 Å². The summed E-state index contributed by atoms with van der Waals surface area (Å²) < 4.78 is 16.9. The summed E-state index contributed by atoms with van der Waals surface area (Å²) in [6.45, 7) is 1.60. The zero-order valence-electron chi connectivity index (χ0n) is 15.3. The molecular weight excluding hydrogens is 385 g/mol. The van der Waals surface area contributed by atoms with Crippen molar-refractivity contribution < 1.29 is 14.3 Å². The van der Waals surface area contributed by atoms with Crippen LogP contribution >= 0.6 is 11.6 Å². The van der Waals surface area contributed by atoms with E-state index in [1.165, 1.54) is 12.3 Å². The maximum Gasteiger partial charge on any atom is 0.341 e. The van der Waals surface area contributed by atoms with Gasteiger partial charge in [0.15, 0.2) is 0 Å². The van der Waals surface area contributed by atoms with E-state index in [4.69, 9.17) is 11.6 Å². The Hall–Kier alpha value is -1.96. The molecule has 0 spiro atoms. The van der Waals surface area contributed by atoms with Gasteiger partial charge in [0.1, 0.15) is 11.4 Å². The molecule has 2 atom stereocenters. The van der Waals surface area contributed by atoms with Crippen LogP contribution < -0.4 is 10.9 Å². The van der Waals surface area contributed by atoms with Crippen LogP contribution in [0.15, 0.2) is 17.1 Å². The number of pyridine rings is 1. The summed E-state index contributed by atoms with van der Waals surface area (Å²) >= 11 is 6.72. The molecule has 8 heteroatoms. The number of hydrogen-bond donors (Lipinski definition) is 2. The highest BCUT2D eigenvalue weighted by molar-refractivity contribution is 6.36. The van der Waals surface area contributed by atoms with E-state index in [9.17, 15) is 14.7 Å². The molecule has 3 fully saturated rings. The maximum atomic E-state index is 15.2. The van der Waals surface area contributed by atoms with Crippen molar-refractivity contribution in [2.45, 2.75) is 50.1 Å². The summed E-state index contributed by atoms with van der Waals surface area (Å²) in [5, 5.41) is 11.9. The molecule has 2 aromatic rings. The monoisotopic (exact) mass is 405 g/mol. The van der Waals surface area contributed by atoms with Gasteiger partial charge in [0.2, 0.25) is 5.43 Å². The fraction of sp³-hybridized carbons (Fsp3) is 0.500. The van der Waals surface area contributed by atoms with Gasteiger partial charge in [0.05, 0.1) is 15.9 Å². The summed E-state index contributed by atoms with van der Waals surface area (Å²) in [5.41, 5.74) is 3.26. The Morgan fingerprint density at radius 2 is 2.07 bits per heavy atom. The van der Waals surface area contributed by atoms with E-state index in [0.29, 0.717) is 23.7 Å². The molecule has 2 aliphatic heterocycles. The third kappa shape index (κ3) is 2.76. The summed E-state index contributed by atoms with van der Waals surface area (Å²) in [6.07, 6.45) is 6.15. The number of benzene rings is 1. The smallest absolute Gasteiger partial charge is 0.341 e. The molecule has 2 N–H and O–H groups in total. The number of hydrogen-bond acceptors (Lipinski definition) is 4. The summed E-state index contributed by atoms with van der Waals surface area (Å²) in [4.78, 5) is 24.2. The molecule has 1 aromatic carbocycles. The Balaban J connectivity index is 1.70. The zero-order chi connectivity index (χ0) is 19.6. The maximum absolute atomic E-state index is 15.2. The number of hydrazine groups is 1. The highest BCUT2D eigenvalue weighted by atomic mass is 35.5. The quantitative estimate of drug-likeness (QED) is 0.819. The van der Waals surface area contributed by atoms with E-state index < -0.39 is 17.2 Å². The number of aromatic nitrogens is 1. The molecule has 148 valence electrons. The van der Waals surface area contributed by atoms with Crippen LogP contribution in [-0.4, -0.2) is 39.8 Å². The van der Waals surface area contributed by atoms with Crippen LogP contribution in [0.25, 0.3) is 10.9 Å². The van der Waals surface area contributed by atoms with E-state index in [2.05, 4.69) is 10.4 Å². The number of halogens is 2. The van der Waals surface area contributed by atoms with Gasteiger partial charge in [0, 0.05) is 42.9 Å². The van der Waals surface area contributed by atoms with Gasteiger partial charge in [-0.25, -0.2) is 14.2 Å². The number of carboxylic acids is 1. The number of nitrogens with one attached hydrogen (secondary N) is 1. The van der Waals surface area contributed by atoms with Crippen molar-refractivity contribution in [1.82, 2.24) is 15.0 Å². The summed E-state index contributed by atoms with van der Waals surface area (Å²) in [6, 6.07) is 1.66. The van der Waals surface area contributed by atoms with Gasteiger partial charge >= 0.3 is 5.97 Å². The second-order valence-electron chi connectivity index (χ2n) is 8.09. The first kappa shape index (κ1) is 18.1. The SMILES string of the molecule is O=C(O)c1cn(C2CC2)c2c(Cl)c([C@@H]3C[C@@H]4CCCNN4C3)c(F)cc2c1=O. The third-order valence-corrected chi connectivity index (χ3v) is 6.65. The number of carbonyl (C=O) groups is 1. The van der Waals surface area contributed by atoms with Crippen LogP contribution in [0.4, 0.5) is 4.39 Å². The van der Waals surface area contributed by atoms with E-state index in [-0.39, 0.29) is 27.9 Å². The Bertz CT molecular complexity index is 1040. The lowest BCUT2D eigenvalue weighted by atomic mass is 9.93. The molecular formula is C20H21ClFN3O3. The van der Waals surface area contributed by atoms with Gasteiger partial charge in [-0.3, -0.25) is 10.2 Å². The lowest BCUT2D eigenvalue weighted by molar-refractivity contribution is 0.0695. The van der Waals surface area contributed by atoms with Gasteiger partial charge in [-0.1, -0.05) is 11.6 Å². The largest absolute Gasteiger partial charge is 0.477 e. The number of rotatable bonds is 3. The number of nitrogens with zero attached hydrogens (tertiary/aromatic N) is 2. The first-order valence-corrected chi connectivity index (χ1v) is 10.1. The molecule has 0 amide bonds. The van der Waals surface area contributed by atoms with Crippen molar-refractivity contribution in [3.8, 4) is 0 Å². The normalized spacial score (nSPS) is 25.2. The van der Waals surface area contributed by atoms with Gasteiger partial charge in [-0.05, 0) is 38.2 Å². The molecule has 0 unspecified atom stereocenters. The predicted octanol–water partition coefficient (Wildman–Crippen LogP) is 3.28. The second kappa shape index (κ2) is 6.54. The van der Waals surface area contributed by atoms with Gasteiger partial charge in [-0.15, -0.1) is 0 Å². The minimum absolute atomic E-state index is 0.0481. The average molecular weight is 406 g/mol. The van der Waals surface area contributed by atoms with Crippen LogP contribution in [0, 0.1) is 5.82 Å². The minimum atomic E-state index is -1.30. The fourth-order valence-corrected chi connectivity index (χ4v) is 5.22. The Kier molecular flexibility index (Phi) is 4.23. The van der Waals surface area contributed by atoms with Crippen molar-refractivity contribution in [2.24, 2.45) is 0 Å². The molecule has 0 bridgehead atoms. The molecule has 5 rings (SSSR count). The van der Waals surface area contributed by atoms with Crippen LogP contribution in [0.3, 0.4) is 0 Å². The highest BCUT2D eigenvalue weighted by Gasteiger charge is 2.38. The zero-order valence-corrected chi connectivity index (χ0v) is 16.0.